The van der Waals surface area contributed by atoms with Crippen molar-refractivity contribution in [3.63, 3.8) is 0 Å². The summed E-state index contributed by atoms with van der Waals surface area (Å²) in [7, 11) is 0. The third-order valence-corrected chi connectivity index (χ3v) is 3.97. The summed E-state index contributed by atoms with van der Waals surface area (Å²) in [5.41, 5.74) is 2.32. The molecule has 0 unspecified atom stereocenters. The van der Waals surface area contributed by atoms with Crippen LogP contribution in [0, 0.1) is 0 Å². The molecule has 0 atom stereocenters. The van der Waals surface area contributed by atoms with E-state index in [0.29, 0.717) is 26.4 Å². The summed E-state index contributed by atoms with van der Waals surface area (Å²) in [6.45, 7) is 2.49. The SMILES string of the molecule is Brc1ccc(CCOCc2ccccc2)c2c1OCCO2. The third-order valence-electron chi connectivity index (χ3n) is 3.35. The molecule has 0 N–H and O–H groups in total. The van der Waals surface area contributed by atoms with Crippen LogP contribution in [-0.2, 0) is 17.8 Å². The number of hydrogen-bond acceptors (Lipinski definition) is 3. The highest BCUT2D eigenvalue weighted by Crippen LogP contribution is 2.40. The lowest BCUT2D eigenvalue weighted by molar-refractivity contribution is 0.121. The maximum Gasteiger partial charge on any atom is 0.175 e. The fourth-order valence-electron chi connectivity index (χ4n) is 2.30. The van der Waals surface area contributed by atoms with Crippen LogP contribution in [0.3, 0.4) is 0 Å². The van der Waals surface area contributed by atoms with Gasteiger partial charge in [0.1, 0.15) is 13.2 Å². The van der Waals surface area contributed by atoms with Gasteiger partial charge in [0.25, 0.3) is 0 Å². The first-order chi connectivity index (χ1) is 10.3. The van der Waals surface area contributed by atoms with Crippen molar-refractivity contribution in [1.82, 2.24) is 0 Å². The Morgan fingerprint density at radius 1 is 0.952 bits per heavy atom. The van der Waals surface area contributed by atoms with E-state index in [1.807, 2.05) is 24.3 Å². The van der Waals surface area contributed by atoms with Crippen LogP contribution in [-0.4, -0.2) is 19.8 Å². The van der Waals surface area contributed by atoms with Gasteiger partial charge in [-0.1, -0.05) is 36.4 Å². The number of rotatable bonds is 5. The van der Waals surface area contributed by atoms with Crippen LogP contribution in [0.2, 0.25) is 0 Å². The van der Waals surface area contributed by atoms with Gasteiger partial charge in [0.05, 0.1) is 17.7 Å². The lowest BCUT2D eigenvalue weighted by Gasteiger charge is -2.22. The van der Waals surface area contributed by atoms with Crippen molar-refractivity contribution >= 4 is 15.9 Å². The summed E-state index contributed by atoms with van der Waals surface area (Å²) in [5.74, 6) is 1.65. The minimum atomic E-state index is 0.597. The van der Waals surface area contributed by atoms with Crippen LogP contribution in [0.5, 0.6) is 11.5 Å². The summed E-state index contributed by atoms with van der Waals surface area (Å²) >= 11 is 3.49. The Morgan fingerprint density at radius 2 is 1.71 bits per heavy atom. The summed E-state index contributed by atoms with van der Waals surface area (Å²) in [5, 5.41) is 0. The molecule has 0 aromatic heterocycles. The van der Waals surface area contributed by atoms with Crippen molar-refractivity contribution in [2.24, 2.45) is 0 Å². The van der Waals surface area contributed by atoms with E-state index in [-0.39, 0.29) is 0 Å². The van der Waals surface area contributed by atoms with Gasteiger partial charge in [-0.25, -0.2) is 0 Å². The monoisotopic (exact) mass is 348 g/mol. The average molecular weight is 349 g/mol. The van der Waals surface area contributed by atoms with Gasteiger partial charge in [0.15, 0.2) is 11.5 Å². The van der Waals surface area contributed by atoms with Crippen LogP contribution >= 0.6 is 15.9 Å². The average Bonchev–Trinajstić information content (AvgIpc) is 2.55. The molecule has 1 aliphatic heterocycles. The van der Waals surface area contributed by atoms with Crippen LogP contribution in [0.25, 0.3) is 0 Å². The summed E-state index contributed by atoms with van der Waals surface area (Å²) in [6, 6.07) is 14.2. The van der Waals surface area contributed by atoms with Gasteiger partial charge in [-0.05, 0) is 34.0 Å². The van der Waals surface area contributed by atoms with Crippen LogP contribution in [0.4, 0.5) is 0 Å². The van der Waals surface area contributed by atoms with Gasteiger partial charge in [0, 0.05) is 5.56 Å². The zero-order valence-electron chi connectivity index (χ0n) is 11.7. The van der Waals surface area contributed by atoms with Gasteiger partial charge in [-0.15, -0.1) is 0 Å². The molecule has 2 aromatic carbocycles. The quantitative estimate of drug-likeness (QED) is 0.765. The molecule has 0 amide bonds. The molecule has 110 valence electrons. The maximum absolute atomic E-state index is 5.74. The Hall–Kier alpha value is -1.52. The normalized spacial score (nSPS) is 13.2. The minimum absolute atomic E-state index is 0.597. The van der Waals surface area contributed by atoms with Crippen LogP contribution < -0.4 is 9.47 Å². The zero-order valence-corrected chi connectivity index (χ0v) is 13.3. The molecule has 4 heteroatoms. The first-order valence-corrected chi connectivity index (χ1v) is 7.82. The third kappa shape index (κ3) is 3.57. The van der Waals surface area contributed by atoms with E-state index in [4.69, 9.17) is 14.2 Å². The molecule has 21 heavy (non-hydrogen) atoms. The fourth-order valence-corrected chi connectivity index (χ4v) is 2.73. The second-order valence-corrected chi connectivity index (χ2v) is 5.70. The summed E-state index contributed by atoms with van der Waals surface area (Å²) in [4.78, 5) is 0. The molecular formula is C17H17BrO3. The largest absolute Gasteiger partial charge is 0.486 e. The second-order valence-electron chi connectivity index (χ2n) is 4.85. The van der Waals surface area contributed by atoms with Gasteiger partial charge in [0.2, 0.25) is 0 Å². The predicted molar refractivity (Wildman–Crippen MR) is 84.9 cm³/mol. The van der Waals surface area contributed by atoms with Crippen molar-refractivity contribution in [3.05, 3.63) is 58.1 Å². The summed E-state index contributed by atoms with van der Waals surface area (Å²) < 4.78 is 18.1. The smallest absolute Gasteiger partial charge is 0.175 e. The maximum atomic E-state index is 5.74. The number of ether oxygens (including phenoxy) is 3. The molecule has 0 radical (unpaired) electrons. The molecule has 0 saturated heterocycles. The molecule has 3 nitrogen and oxygen atoms in total. The van der Waals surface area contributed by atoms with Crippen molar-refractivity contribution in [1.29, 1.82) is 0 Å². The van der Waals surface area contributed by atoms with Gasteiger partial charge in [-0.2, -0.15) is 0 Å². The predicted octanol–water partition coefficient (Wildman–Crippen LogP) is 3.98. The number of fused-ring (bicyclic) bond motifs is 1. The Morgan fingerprint density at radius 3 is 2.52 bits per heavy atom. The van der Waals surface area contributed by atoms with Crippen molar-refractivity contribution in [3.8, 4) is 11.5 Å². The van der Waals surface area contributed by atoms with E-state index >= 15 is 0 Å². The van der Waals surface area contributed by atoms with Crippen molar-refractivity contribution in [2.45, 2.75) is 13.0 Å². The molecule has 1 aliphatic rings. The van der Waals surface area contributed by atoms with E-state index < -0.39 is 0 Å². The topological polar surface area (TPSA) is 27.7 Å². The van der Waals surface area contributed by atoms with Crippen molar-refractivity contribution < 1.29 is 14.2 Å². The van der Waals surface area contributed by atoms with Crippen LogP contribution in [0.1, 0.15) is 11.1 Å². The summed E-state index contributed by atoms with van der Waals surface area (Å²) in [6.07, 6.45) is 0.811. The highest BCUT2D eigenvalue weighted by atomic mass is 79.9. The Bertz CT molecular complexity index is 598. The van der Waals surface area contributed by atoms with Crippen LogP contribution in [0.15, 0.2) is 46.9 Å². The lowest BCUT2D eigenvalue weighted by Crippen LogP contribution is -2.17. The second kappa shape index (κ2) is 6.96. The molecule has 0 bridgehead atoms. The first kappa shape index (κ1) is 14.4. The van der Waals surface area contributed by atoms with Gasteiger partial charge in [-0.3, -0.25) is 0 Å². The van der Waals surface area contributed by atoms with Gasteiger partial charge >= 0.3 is 0 Å². The standard InChI is InChI=1S/C17H17BrO3/c18-15-7-6-14(16-17(15)21-11-10-20-16)8-9-19-12-13-4-2-1-3-5-13/h1-7H,8-12H2. The molecular weight excluding hydrogens is 332 g/mol. The highest BCUT2D eigenvalue weighted by molar-refractivity contribution is 9.10. The molecule has 3 rings (SSSR count). The molecule has 0 saturated carbocycles. The molecule has 2 aromatic rings. The molecule has 0 spiro atoms. The minimum Gasteiger partial charge on any atom is -0.486 e. The number of hydrogen-bond donors (Lipinski definition) is 0. The molecule has 0 fully saturated rings. The molecule has 1 heterocycles. The van der Waals surface area contributed by atoms with E-state index in [2.05, 4.69) is 34.1 Å². The Kier molecular flexibility index (Phi) is 4.78. The first-order valence-electron chi connectivity index (χ1n) is 7.03. The van der Waals surface area contributed by atoms with E-state index in [1.165, 1.54) is 5.56 Å². The van der Waals surface area contributed by atoms with Gasteiger partial charge < -0.3 is 14.2 Å². The van der Waals surface area contributed by atoms with E-state index in [1.54, 1.807) is 0 Å². The fraction of sp³-hybridized carbons (Fsp3) is 0.294. The zero-order chi connectivity index (χ0) is 14.5. The van der Waals surface area contributed by atoms with Crippen molar-refractivity contribution in [2.75, 3.05) is 19.8 Å². The van der Waals surface area contributed by atoms with E-state index in [0.717, 1.165) is 28.0 Å². The number of halogens is 1. The lowest BCUT2D eigenvalue weighted by atomic mass is 10.1. The Labute approximate surface area is 133 Å². The molecule has 0 aliphatic carbocycles. The Balaban J connectivity index is 1.58. The van der Waals surface area contributed by atoms with E-state index in [9.17, 15) is 0 Å². The highest BCUT2D eigenvalue weighted by Gasteiger charge is 2.18. The number of benzene rings is 2.